The second kappa shape index (κ2) is 9.05. The van der Waals surface area contributed by atoms with Crippen molar-refractivity contribution in [3.63, 3.8) is 0 Å². The summed E-state index contributed by atoms with van der Waals surface area (Å²) < 4.78 is 19.8. The molecule has 3 N–H and O–H groups in total. The second-order valence-corrected chi connectivity index (χ2v) is 8.03. The number of rotatable bonds is 8. The predicted molar refractivity (Wildman–Crippen MR) is 129 cm³/mol. The van der Waals surface area contributed by atoms with Gasteiger partial charge in [0.15, 0.2) is 23.1 Å². The van der Waals surface area contributed by atoms with Gasteiger partial charge in [-0.2, -0.15) is 4.98 Å². The first kappa shape index (κ1) is 22.3. The molecule has 0 bridgehead atoms. The molecule has 12 nitrogen and oxygen atoms in total. The number of carbonyl (C=O) groups is 1. The molecule has 5 rings (SSSR count). The van der Waals surface area contributed by atoms with Crippen molar-refractivity contribution in [3.05, 3.63) is 43.0 Å². The summed E-state index contributed by atoms with van der Waals surface area (Å²) in [5, 5.41) is 7.70. The first-order valence-corrected chi connectivity index (χ1v) is 11.0. The lowest BCUT2D eigenvalue weighted by atomic mass is 10.2. The maximum Gasteiger partial charge on any atom is 0.248 e. The number of amides is 1. The Balaban J connectivity index is 1.47. The molecule has 1 amide bonds. The highest BCUT2D eigenvalue weighted by molar-refractivity contribution is 5.86. The summed E-state index contributed by atoms with van der Waals surface area (Å²) in [6.07, 6.45) is 6.85. The third-order valence-corrected chi connectivity index (χ3v) is 5.99. The lowest BCUT2D eigenvalue weighted by molar-refractivity contribution is -0.119. The Labute approximate surface area is 201 Å². The Bertz CT molecular complexity index is 1360. The van der Waals surface area contributed by atoms with Crippen LogP contribution in [-0.2, 0) is 4.79 Å². The summed E-state index contributed by atoms with van der Waals surface area (Å²) in [6, 6.07) is 7.05. The monoisotopic (exact) mass is 478 g/mol. The molecule has 0 aliphatic carbocycles. The van der Waals surface area contributed by atoms with Crippen LogP contribution in [0.15, 0.2) is 43.0 Å². The minimum Gasteiger partial charge on any atom is -0.493 e. The lowest BCUT2D eigenvalue weighted by Gasteiger charge is -2.24. The molecule has 1 aliphatic rings. The fraction of sp³-hybridized carbons (Fsp3) is 0.304. The molecule has 182 valence electrons. The number of carbonyl (C=O) groups excluding carboxylic acids is 1. The number of imidazole rings is 1. The quantitative estimate of drug-likeness (QED) is 0.390. The molecule has 3 aromatic heterocycles. The normalized spacial score (nSPS) is 15.4. The second-order valence-electron chi connectivity index (χ2n) is 8.03. The van der Waals surface area contributed by atoms with Gasteiger partial charge in [-0.3, -0.25) is 4.79 Å². The van der Waals surface area contributed by atoms with Crippen LogP contribution in [0.25, 0.3) is 11.2 Å². The molecule has 1 atom stereocenters. The molecule has 35 heavy (non-hydrogen) atoms. The summed E-state index contributed by atoms with van der Waals surface area (Å²) in [6.45, 7) is 0.695. The molecule has 0 spiro atoms. The van der Waals surface area contributed by atoms with Crippen LogP contribution in [0.1, 0.15) is 12.8 Å². The van der Waals surface area contributed by atoms with E-state index in [9.17, 15) is 4.79 Å². The van der Waals surface area contributed by atoms with Gasteiger partial charge in [-0.1, -0.05) is 0 Å². The van der Waals surface area contributed by atoms with Crippen LogP contribution in [0.3, 0.4) is 0 Å². The van der Waals surface area contributed by atoms with Crippen LogP contribution in [-0.4, -0.2) is 64.0 Å². The Morgan fingerprint density at radius 2 is 1.94 bits per heavy atom. The van der Waals surface area contributed by atoms with Gasteiger partial charge in [0.1, 0.15) is 17.9 Å². The van der Waals surface area contributed by atoms with Gasteiger partial charge in [0.25, 0.3) is 0 Å². The van der Waals surface area contributed by atoms with Crippen LogP contribution in [0.2, 0.25) is 0 Å². The SMILES string of the molecule is COc1cc(-n2cnc(Nc3nc(N4CCC[C@@H]4C(N)=O)c4cccn4n3)c2)cc(OC)c1OC. The van der Waals surface area contributed by atoms with Crippen molar-refractivity contribution in [2.75, 3.05) is 38.1 Å². The van der Waals surface area contributed by atoms with E-state index in [-0.39, 0.29) is 5.91 Å². The number of methoxy groups -OCH3 is 3. The highest BCUT2D eigenvalue weighted by atomic mass is 16.5. The zero-order valence-electron chi connectivity index (χ0n) is 19.6. The number of nitrogens with two attached hydrogens (primary N) is 1. The Morgan fingerprint density at radius 3 is 2.63 bits per heavy atom. The fourth-order valence-electron chi connectivity index (χ4n) is 4.36. The average molecular weight is 479 g/mol. The van der Waals surface area contributed by atoms with E-state index in [2.05, 4.69) is 15.4 Å². The molecule has 1 aliphatic heterocycles. The number of anilines is 3. The zero-order chi connectivity index (χ0) is 24.5. The minimum atomic E-state index is -0.393. The van der Waals surface area contributed by atoms with Gasteiger partial charge in [-0.05, 0) is 25.0 Å². The minimum absolute atomic E-state index is 0.342. The van der Waals surface area contributed by atoms with E-state index < -0.39 is 6.04 Å². The molecule has 4 heterocycles. The number of hydrogen-bond acceptors (Lipinski definition) is 9. The smallest absolute Gasteiger partial charge is 0.248 e. The Morgan fingerprint density at radius 1 is 1.17 bits per heavy atom. The van der Waals surface area contributed by atoms with Crippen LogP contribution in [0.4, 0.5) is 17.6 Å². The van der Waals surface area contributed by atoms with E-state index in [0.717, 1.165) is 17.6 Å². The zero-order valence-corrected chi connectivity index (χ0v) is 19.6. The van der Waals surface area contributed by atoms with E-state index in [4.69, 9.17) is 24.9 Å². The first-order valence-electron chi connectivity index (χ1n) is 11.0. The molecule has 0 radical (unpaired) electrons. The van der Waals surface area contributed by atoms with Crippen molar-refractivity contribution in [2.45, 2.75) is 18.9 Å². The number of fused-ring (bicyclic) bond motifs is 1. The largest absolute Gasteiger partial charge is 0.493 e. The number of nitrogens with zero attached hydrogens (tertiary/aromatic N) is 6. The summed E-state index contributed by atoms with van der Waals surface area (Å²) >= 11 is 0. The third-order valence-electron chi connectivity index (χ3n) is 5.99. The molecule has 0 unspecified atom stereocenters. The van der Waals surface area contributed by atoms with Gasteiger partial charge in [0.2, 0.25) is 17.6 Å². The van der Waals surface area contributed by atoms with Crippen molar-refractivity contribution < 1.29 is 19.0 Å². The standard InChI is InChI=1S/C23H26N8O4/c1-33-17-10-14(11-18(34-2)20(17)35-3)29-12-19(25-13-29)26-23-27-22(16-7-5-9-31(16)28-23)30-8-4-6-15(30)21(24)32/h5,7,9-13,15H,4,6,8H2,1-3H3,(H2,24,32)(H,26,28)/t15-/m1/s1. The highest BCUT2D eigenvalue weighted by Crippen LogP contribution is 2.39. The molecule has 4 aromatic rings. The average Bonchev–Trinajstić information content (AvgIpc) is 3.63. The predicted octanol–water partition coefficient (Wildman–Crippen LogP) is 2.14. The fourth-order valence-corrected chi connectivity index (χ4v) is 4.36. The van der Waals surface area contributed by atoms with Gasteiger partial charge in [0.05, 0.1) is 33.2 Å². The van der Waals surface area contributed by atoms with Crippen LogP contribution in [0.5, 0.6) is 17.2 Å². The Kier molecular flexibility index (Phi) is 5.77. The van der Waals surface area contributed by atoms with Crippen LogP contribution >= 0.6 is 0 Å². The van der Waals surface area contributed by atoms with Crippen molar-refractivity contribution in [1.82, 2.24) is 24.1 Å². The van der Waals surface area contributed by atoms with Crippen molar-refractivity contribution >= 4 is 29.0 Å². The molecule has 1 fully saturated rings. The third kappa shape index (κ3) is 4.03. The highest BCUT2D eigenvalue weighted by Gasteiger charge is 2.31. The summed E-state index contributed by atoms with van der Waals surface area (Å²) in [5.74, 6) is 2.74. The maximum atomic E-state index is 12.0. The van der Waals surface area contributed by atoms with Gasteiger partial charge in [-0.25, -0.2) is 9.50 Å². The van der Waals surface area contributed by atoms with Gasteiger partial charge < -0.3 is 34.7 Å². The van der Waals surface area contributed by atoms with Gasteiger partial charge in [-0.15, -0.1) is 5.10 Å². The molecule has 12 heteroatoms. The number of primary amides is 1. The van der Waals surface area contributed by atoms with E-state index in [1.807, 2.05) is 39.9 Å². The van der Waals surface area contributed by atoms with Gasteiger partial charge >= 0.3 is 0 Å². The summed E-state index contributed by atoms with van der Waals surface area (Å²) in [7, 11) is 4.69. The van der Waals surface area contributed by atoms with Crippen LogP contribution < -0.4 is 30.2 Å². The molecule has 1 aromatic carbocycles. The first-order chi connectivity index (χ1) is 17.0. The number of aromatic nitrogens is 5. The Hall–Kier alpha value is -4.48. The van der Waals surface area contributed by atoms with Crippen molar-refractivity contribution in [1.29, 1.82) is 0 Å². The maximum absolute atomic E-state index is 12.0. The van der Waals surface area contributed by atoms with Crippen molar-refractivity contribution in [3.8, 4) is 22.9 Å². The molecule has 0 saturated carbocycles. The number of ether oxygens (including phenoxy) is 3. The summed E-state index contributed by atoms with van der Waals surface area (Å²) in [5.41, 5.74) is 7.20. The number of benzene rings is 1. The number of nitrogens with one attached hydrogen (secondary N) is 1. The number of hydrogen-bond donors (Lipinski definition) is 2. The van der Waals surface area contributed by atoms with E-state index >= 15 is 0 Å². The van der Waals surface area contributed by atoms with Crippen LogP contribution in [0, 0.1) is 0 Å². The van der Waals surface area contributed by atoms with Gasteiger partial charge in [0, 0.05) is 24.9 Å². The topological polar surface area (TPSA) is 134 Å². The van der Waals surface area contributed by atoms with Crippen molar-refractivity contribution in [2.24, 2.45) is 5.73 Å². The molecular weight excluding hydrogens is 452 g/mol. The lowest BCUT2D eigenvalue weighted by Crippen LogP contribution is -2.41. The molecular formula is C23H26N8O4. The summed E-state index contributed by atoms with van der Waals surface area (Å²) in [4.78, 5) is 23.1. The van der Waals surface area contributed by atoms with E-state index in [1.54, 1.807) is 38.4 Å². The van der Waals surface area contributed by atoms with E-state index in [0.29, 0.717) is 47.8 Å². The van der Waals surface area contributed by atoms with E-state index in [1.165, 1.54) is 0 Å². The molecule has 1 saturated heterocycles.